The van der Waals surface area contributed by atoms with Gasteiger partial charge in [0, 0.05) is 43.3 Å². The van der Waals surface area contributed by atoms with Gasteiger partial charge >= 0.3 is 0 Å². The summed E-state index contributed by atoms with van der Waals surface area (Å²) < 4.78 is 27.0. The van der Waals surface area contributed by atoms with E-state index >= 15 is 0 Å². The fourth-order valence-electron chi connectivity index (χ4n) is 2.98. The second-order valence-corrected chi connectivity index (χ2v) is 6.16. The Morgan fingerprint density at radius 1 is 1.24 bits per heavy atom. The largest absolute Gasteiger partial charge is 0.324 e. The molecule has 2 N–H and O–H groups in total. The molecule has 1 aromatic rings. The molecule has 1 fully saturated rings. The number of likely N-dealkylation sites (N-methyl/N-ethyl adjacent to an activating group) is 1. The van der Waals surface area contributed by atoms with Crippen LogP contribution in [0.1, 0.15) is 31.9 Å². The summed E-state index contributed by atoms with van der Waals surface area (Å²) in [5, 5.41) is 0. The van der Waals surface area contributed by atoms with E-state index in [-0.39, 0.29) is 5.56 Å². The van der Waals surface area contributed by atoms with Crippen molar-refractivity contribution in [3.8, 4) is 0 Å². The van der Waals surface area contributed by atoms with Gasteiger partial charge in [0.2, 0.25) is 0 Å². The van der Waals surface area contributed by atoms with Crippen LogP contribution in [-0.2, 0) is 0 Å². The van der Waals surface area contributed by atoms with Gasteiger partial charge in [0.25, 0.3) is 0 Å². The number of hydrogen-bond donors (Lipinski definition) is 1. The van der Waals surface area contributed by atoms with Crippen LogP contribution in [0.2, 0.25) is 0 Å². The monoisotopic (exact) mass is 297 g/mol. The van der Waals surface area contributed by atoms with Crippen LogP contribution in [0.4, 0.5) is 8.78 Å². The highest BCUT2D eigenvalue weighted by Crippen LogP contribution is 2.21. The van der Waals surface area contributed by atoms with Crippen molar-refractivity contribution in [2.24, 2.45) is 5.73 Å². The molecule has 0 radical (unpaired) electrons. The van der Waals surface area contributed by atoms with Crippen molar-refractivity contribution >= 4 is 0 Å². The Balaban J connectivity index is 1.92. The lowest BCUT2D eigenvalue weighted by atomic mass is 10.0. The molecule has 0 saturated carbocycles. The van der Waals surface area contributed by atoms with E-state index in [0.29, 0.717) is 18.5 Å². The molecular weight excluding hydrogens is 272 g/mol. The highest BCUT2D eigenvalue weighted by Gasteiger charge is 2.26. The van der Waals surface area contributed by atoms with Gasteiger partial charge in [-0.3, -0.25) is 4.90 Å². The van der Waals surface area contributed by atoms with Crippen LogP contribution >= 0.6 is 0 Å². The molecule has 21 heavy (non-hydrogen) atoms. The van der Waals surface area contributed by atoms with Crippen LogP contribution in [0, 0.1) is 11.6 Å². The van der Waals surface area contributed by atoms with E-state index < -0.39 is 17.7 Å². The molecule has 0 aromatic heterocycles. The summed E-state index contributed by atoms with van der Waals surface area (Å²) in [5.41, 5.74) is 6.30. The third kappa shape index (κ3) is 3.78. The first kappa shape index (κ1) is 16.3. The zero-order valence-corrected chi connectivity index (χ0v) is 13.0. The summed E-state index contributed by atoms with van der Waals surface area (Å²) in [7, 11) is 2.14. The number of nitrogens with two attached hydrogens (primary N) is 1. The van der Waals surface area contributed by atoms with Gasteiger partial charge in [-0.1, -0.05) is 12.1 Å². The predicted octanol–water partition coefficient (Wildman–Crippen LogP) is 2.38. The predicted molar refractivity (Wildman–Crippen MR) is 81.0 cm³/mol. The van der Waals surface area contributed by atoms with Gasteiger partial charge in [0.1, 0.15) is 0 Å². The topological polar surface area (TPSA) is 32.5 Å². The van der Waals surface area contributed by atoms with Crippen LogP contribution in [0.15, 0.2) is 18.2 Å². The highest BCUT2D eigenvalue weighted by molar-refractivity contribution is 5.22. The van der Waals surface area contributed by atoms with Gasteiger partial charge in [-0.15, -0.1) is 0 Å². The van der Waals surface area contributed by atoms with Gasteiger partial charge < -0.3 is 10.6 Å². The Labute approximate surface area is 125 Å². The zero-order valence-electron chi connectivity index (χ0n) is 13.0. The Morgan fingerprint density at radius 2 is 1.86 bits per heavy atom. The van der Waals surface area contributed by atoms with Crippen molar-refractivity contribution in [3.05, 3.63) is 35.4 Å². The first-order valence-corrected chi connectivity index (χ1v) is 7.54. The van der Waals surface area contributed by atoms with Crippen LogP contribution in [0.3, 0.4) is 0 Å². The van der Waals surface area contributed by atoms with Gasteiger partial charge in [-0.25, -0.2) is 8.78 Å². The quantitative estimate of drug-likeness (QED) is 0.926. The molecule has 3 atom stereocenters. The normalized spacial score (nSPS) is 26.0. The lowest BCUT2D eigenvalue weighted by molar-refractivity contribution is 0.0583. The number of piperazine rings is 1. The summed E-state index contributed by atoms with van der Waals surface area (Å²) in [6, 6.07) is 4.72. The van der Waals surface area contributed by atoms with E-state index in [4.69, 9.17) is 5.73 Å². The molecule has 5 heteroatoms. The molecule has 0 spiro atoms. The standard InChI is InChI=1S/C16H25F2N3/c1-11-9-21(10-12(2)20(11)3)8-7-15(19)13-5-4-6-14(17)16(13)18/h4-6,11-12,15H,7-10,19H2,1-3H3. The SMILES string of the molecule is CC1CN(CCC(N)c2cccc(F)c2F)CC(C)N1C. The smallest absolute Gasteiger partial charge is 0.163 e. The summed E-state index contributed by atoms with van der Waals surface area (Å²) in [6.45, 7) is 7.18. The Morgan fingerprint density at radius 3 is 2.48 bits per heavy atom. The minimum atomic E-state index is -0.829. The molecule has 3 unspecified atom stereocenters. The van der Waals surface area contributed by atoms with Crippen molar-refractivity contribution in [2.45, 2.75) is 38.4 Å². The second-order valence-electron chi connectivity index (χ2n) is 6.16. The average Bonchev–Trinajstić information content (AvgIpc) is 2.45. The number of hydrogen-bond acceptors (Lipinski definition) is 3. The van der Waals surface area contributed by atoms with E-state index in [0.717, 1.165) is 25.7 Å². The molecule has 1 aliphatic heterocycles. The fraction of sp³-hybridized carbons (Fsp3) is 0.625. The number of halogens is 2. The second kappa shape index (κ2) is 6.81. The third-order valence-electron chi connectivity index (χ3n) is 4.57. The maximum absolute atomic E-state index is 13.7. The summed E-state index contributed by atoms with van der Waals surface area (Å²) in [6.07, 6.45) is 0.628. The molecule has 2 rings (SSSR count). The van der Waals surface area contributed by atoms with Gasteiger partial charge in [-0.2, -0.15) is 0 Å². The Kier molecular flexibility index (Phi) is 5.30. The van der Waals surface area contributed by atoms with Crippen molar-refractivity contribution < 1.29 is 8.78 Å². The minimum Gasteiger partial charge on any atom is -0.324 e. The van der Waals surface area contributed by atoms with Crippen LogP contribution in [0.25, 0.3) is 0 Å². The molecule has 1 aliphatic rings. The van der Waals surface area contributed by atoms with Gasteiger partial charge in [0.05, 0.1) is 0 Å². The maximum Gasteiger partial charge on any atom is 0.163 e. The molecule has 1 heterocycles. The minimum absolute atomic E-state index is 0.269. The molecule has 1 aromatic carbocycles. The molecule has 0 bridgehead atoms. The summed E-state index contributed by atoms with van der Waals surface area (Å²) >= 11 is 0. The number of benzene rings is 1. The fourth-order valence-corrected chi connectivity index (χ4v) is 2.98. The summed E-state index contributed by atoms with van der Waals surface area (Å²) in [4.78, 5) is 4.72. The van der Waals surface area contributed by atoms with E-state index in [1.165, 1.54) is 6.07 Å². The Bertz CT molecular complexity index is 469. The van der Waals surface area contributed by atoms with Crippen molar-refractivity contribution in [1.29, 1.82) is 0 Å². The van der Waals surface area contributed by atoms with Crippen LogP contribution in [-0.4, -0.2) is 48.6 Å². The Hall–Kier alpha value is -1.04. The lowest BCUT2D eigenvalue weighted by Crippen LogP contribution is -2.55. The molecule has 118 valence electrons. The summed E-state index contributed by atoms with van der Waals surface area (Å²) in [5.74, 6) is -1.64. The molecule has 1 saturated heterocycles. The van der Waals surface area contributed by atoms with Crippen LogP contribution < -0.4 is 5.73 Å². The molecular formula is C16H25F2N3. The van der Waals surface area contributed by atoms with Crippen molar-refractivity contribution in [1.82, 2.24) is 9.80 Å². The number of nitrogens with zero attached hydrogens (tertiary/aromatic N) is 2. The first-order chi connectivity index (χ1) is 9.90. The molecule has 0 aliphatic carbocycles. The van der Waals surface area contributed by atoms with E-state index in [1.54, 1.807) is 6.07 Å². The van der Waals surface area contributed by atoms with Gasteiger partial charge in [0.15, 0.2) is 11.6 Å². The maximum atomic E-state index is 13.7. The number of rotatable bonds is 4. The lowest BCUT2D eigenvalue weighted by Gasteiger charge is -2.42. The van der Waals surface area contributed by atoms with E-state index in [2.05, 4.69) is 30.7 Å². The average molecular weight is 297 g/mol. The first-order valence-electron chi connectivity index (χ1n) is 7.54. The van der Waals surface area contributed by atoms with E-state index in [1.807, 2.05) is 0 Å². The molecule has 3 nitrogen and oxygen atoms in total. The highest BCUT2D eigenvalue weighted by atomic mass is 19.2. The third-order valence-corrected chi connectivity index (χ3v) is 4.57. The zero-order chi connectivity index (χ0) is 15.6. The van der Waals surface area contributed by atoms with E-state index in [9.17, 15) is 8.78 Å². The van der Waals surface area contributed by atoms with Crippen molar-refractivity contribution in [3.63, 3.8) is 0 Å². The van der Waals surface area contributed by atoms with Gasteiger partial charge in [-0.05, 0) is 33.4 Å². The molecule has 0 amide bonds. The van der Waals surface area contributed by atoms with Crippen molar-refractivity contribution in [2.75, 3.05) is 26.7 Å². The van der Waals surface area contributed by atoms with Crippen LogP contribution in [0.5, 0.6) is 0 Å².